The molecule has 7 heteroatoms. The lowest BCUT2D eigenvalue weighted by Crippen LogP contribution is -2.17. The van der Waals surface area contributed by atoms with Crippen molar-refractivity contribution >= 4 is 5.69 Å². The zero-order chi connectivity index (χ0) is 11.6. The van der Waals surface area contributed by atoms with Crippen LogP contribution < -0.4 is 4.74 Å². The van der Waals surface area contributed by atoms with Gasteiger partial charge in [0.1, 0.15) is 5.75 Å². The topological polar surface area (TPSA) is 52.4 Å². The van der Waals surface area contributed by atoms with Crippen molar-refractivity contribution in [3.05, 3.63) is 33.9 Å². The predicted octanol–water partition coefficient (Wildman–Crippen LogP) is 2.80. The third-order valence-corrected chi connectivity index (χ3v) is 1.61. The van der Waals surface area contributed by atoms with E-state index < -0.39 is 22.7 Å². The van der Waals surface area contributed by atoms with Gasteiger partial charge in [0.15, 0.2) is 0 Å². The highest BCUT2D eigenvalue weighted by Gasteiger charge is 2.31. The second-order valence-corrected chi connectivity index (χ2v) is 2.75. The molecular formula is C8H6F3NO3. The molecule has 0 aliphatic rings. The summed E-state index contributed by atoms with van der Waals surface area (Å²) in [5.41, 5.74) is -0.133. The molecule has 0 bridgehead atoms. The van der Waals surface area contributed by atoms with Crippen LogP contribution in [-0.4, -0.2) is 11.3 Å². The van der Waals surface area contributed by atoms with Crippen molar-refractivity contribution in [2.45, 2.75) is 13.3 Å². The standard InChI is InChI=1S/C8H6F3NO3/c1-5-2-3-6(15-8(9,10)11)4-7(5)12(13)14/h2-4H,1H3. The van der Waals surface area contributed by atoms with E-state index in [1.54, 1.807) is 0 Å². The maximum Gasteiger partial charge on any atom is 0.573 e. The van der Waals surface area contributed by atoms with Gasteiger partial charge in [-0.25, -0.2) is 0 Å². The fourth-order valence-electron chi connectivity index (χ4n) is 0.983. The van der Waals surface area contributed by atoms with E-state index in [9.17, 15) is 23.3 Å². The van der Waals surface area contributed by atoms with E-state index in [4.69, 9.17) is 0 Å². The number of rotatable bonds is 2. The second-order valence-electron chi connectivity index (χ2n) is 2.75. The Balaban J connectivity index is 3.03. The normalized spacial score (nSPS) is 11.2. The van der Waals surface area contributed by atoms with E-state index in [0.29, 0.717) is 0 Å². The van der Waals surface area contributed by atoms with Gasteiger partial charge in [-0.05, 0) is 19.1 Å². The zero-order valence-corrected chi connectivity index (χ0v) is 7.54. The molecule has 0 aromatic heterocycles. The molecule has 0 fully saturated rings. The maximum absolute atomic E-state index is 11.8. The number of ether oxygens (including phenoxy) is 1. The van der Waals surface area contributed by atoms with Crippen LogP contribution in [0.5, 0.6) is 5.75 Å². The number of aryl methyl sites for hydroxylation is 1. The van der Waals surface area contributed by atoms with E-state index in [-0.39, 0.29) is 5.56 Å². The molecule has 0 saturated heterocycles. The smallest absolute Gasteiger partial charge is 0.406 e. The molecule has 0 unspecified atom stereocenters. The minimum atomic E-state index is -4.84. The van der Waals surface area contributed by atoms with Gasteiger partial charge >= 0.3 is 6.36 Å². The average Bonchev–Trinajstić information content (AvgIpc) is 2.05. The summed E-state index contributed by atoms with van der Waals surface area (Å²) in [5, 5.41) is 10.4. The van der Waals surface area contributed by atoms with E-state index >= 15 is 0 Å². The molecule has 0 heterocycles. The molecule has 0 aliphatic heterocycles. The Morgan fingerprint density at radius 3 is 2.47 bits per heavy atom. The fraction of sp³-hybridized carbons (Fsp3) is 0.250. The van der Waals surface area contributed by atoms with Crippen molar-refractivity contribution in [2.75, 3.05) is 0 Å². The highest BCUT2D eigenvalue weighted by molar-refractivity contribution is 5.45. The third-order valence-electron chi connectivity index (χ3n) is 1.61. The first kappa shape index (κ1) is 11.3. The largest absolute Gasteiger partial charge is 0.573 e. The monoisotopic (exact) mass is 221 g/mol. The van der Waals surface area contributed by atoms with Crippen LogP contribution in [0.15, 0.2) is 18.2 Å². The first-order chi connectivity index (χ1) is 6.79. The van der Waals surface area contributed by atoms with Gasteiger partial charge < -0.3 is 4.74 Å². The van der Waals surface area contributed by atoms with Gasteiger partial charge in [0.25, 0.3) is 5.69 Å². The Hall–Kier alpha value is -1.79. The molecule has 4 nitrogen and oxygen atoms in total. The SMILES string of the molecule is Cc1ccc(OC(F)(F)F)cc1[N+](=O)[O-]. The van der Waals surface area contributed by atoms with Crippen molar-refractivity contribution in [3.8, 4) is 5.75 Å². The molecule has 82 valence electrons. The Morgan fingerprint density at radius 1 is 1.40 bits per heavy atom. The molecule has 15 heavy (non-hydrogen) atoms. The van der Waals surface area contributed by atoms with Gasteiger partial charge in [-0.2, -0.15) is 0 Å². The van der Waals surface area contributed by atoms with Crippen LogP contribution in [0.1, 0.15) is 5.56 Å². The summed E-state index contributed by atoms with van der Waals surface area (Å²) in [4.78, 5) is 9.64. The number of benzene rings is 1. The molecule has 1 aromatic rings. The highest BCUT2D eigenvalue weighted by atomic mass is 19.4. The van der Waals surface area contributed by atoms with Crippen LogP contribution in [0.3, 0.4) is 0 Å². The van der Waals surface area contributed by atoms with Gasteiger partial charge in [0, 0.05) is 5.56 Å². The summed E-state index contributed by atoms with van der Waals surface area (Å²) in [5.74, 6) is -0.597. The Kier molecular flexibility index (Phi) is 2.83. The molecular weight excluding hydrogens is 215 g/mol. The van der Waals surface area contributed by atoms with Crippen molar-refractivity contribution in [3.63, 3.8) is 0 Å². The molecule has 0 N–H and O–H groups in total. The van der Waals surface area contributed by atoms with Crippen LogP contribution in [0, 0.1) is 17.0 Å². The number of nitro groups is 1. The number of nitrogens with zero attached hydrogens (tertiary/aromatic N) is 1. The van der Waals surface area contributed by atoms with Crippen molar-refractivity contribution < 1.29 is 22.8 Å². The van der Waals surface area contributed by atoms with Gasteiger partial charge in [-0.15, -0.1) is 13.2 Å². The lowest BCUT2D eigenvalue weighted by Gasteiger charge is -2.08. The first-order valence-electron chi connectivity index (χ1n) is 3.80. The number of halogens is 3. The van der Waals surface area contributed by atoms with Crippen LogP contribution in [0.25, 0.3) is 0 Å². The number of hydrogen-bond acceptors (Lipinski definition) is 3. The number of alkyl halides is 3. The highest BCUT2D eigenvalue weighted by Crippen LogP contribution is 2.28. The molecule has 0 amide bonds. The van der Waals surface area contributed by atoms with Crippen LogP contribution in [-0.2, 0) is 0 Å². The molecule has 1 aromatic carbocycles. The number of nitro benzene ring substituents is 1. The average molecular weight is 221 g/mol. The second kappa shape index (κ2) is 3.76. The minimum Gasteiger partial charge on any atom is -0.406 e. The predicted molar refractivity (Wildman–Crippen MR) is 44.5 cm³/mol. The molecule has 0 spiro atoms. The summed E-state index contributed by atoms with van der Waals surface area (Å²) in [7, 11) is 0. The van der Waals surface area contributed by atoms with Crippen LogP contribution in [0.2, 0.25) is 0 Å². The summed E-state index contributed by atoms with van der Waals surface area (Å²) in [6.45, 7) is 1.43. The van der Waals surface area contributed by atoms with E-state index in [0.717, 1.165) is 12.1 Å². The first-order valence-corrected chi connectivity index (χ1v) is 3.80. The molecule has 0 atom stereocenters. The Bertz CT molecular complexity index is 389. The number of hydrogen-bond donors (Lipinski definition) is 0. The maximum atomic E-state index is 11.8. The van der Waals surface area contributed by atoms with E-state index in [1.165, 1.54) is 13.0 Å². The van der Waals surface area contributed by atoms with Crippen LogP contribution >= 0.6 is 0 Å². The summed E-state index contributed by atoms with van der Waals surface area (Å²) >= 11 is 0. The van der Waals surface area contributed by atoms with Crippen molar-refractivity contribution in [2.24, 2.45) is 0 Å². The minimum absolute atomic E-state index is 0.273. The van der Waals surface area contributed by atoms with Gasteiger partial charge in [-0.3, -0.25) is 10.1 Å². The zero-order valence-electron chi connectivity index (χ0n) is 7.54. The van der Waals surface area contributed by atoms with Crippen LogP contribution in [0.4, 0.5) is 18.9 Å². The van der Waals surface area contributed by atoms with E-state index in [2.05, 4.69) is 4.74 Å². The van der Waals surface area contributed by atoms with Gasteiger partial charge in [0.2, 0.25) is 0 Å². The summed E-state index contributed by atoms with van der Waals surface area (Å²) < 4.78 is 38.9. The third kappa shape index (κ3) is 3.12. The summed E-state index contributed by atoms with van der Waals surface area (Å²) in [6.07, 6.45) is -4.84. The van der Waals surface area contributed by atoms with E-state index in [1.807, 2.05) is 0 Å². The van der Waals surface area contributed by atoms with Crippen molar-refractivity contribution in [1.29, 1.82) is 0 Å². The lowest BCUT2D eigenvalue weighted by molar-refractivity contribution is -0.385. The molecule has 0 radical (unpaired) electrons. The van der Waals surface area contributed by atoms with Gasteiger partial charge in [-0.1, -0.05) is 0 Å². The molecule has 1 rings (SSSR count). The van der Waals surface area contributed by atoms with Gasteiger partial charge in [0.05, 0.1) is 11.0 Å². The Labute approximate surface area is 82.4 Å². The van der Waals surface area contributed by atoms with Crippen molar-refractivity contribution in [1.82, 2.24) is 0 Å². The summed E-state index contributed by atoms with van der Waals surface area (Å²) in [6, 6.07) is 2.96. The fourth-order valence-corrected chi connectivity index (χ4v) is 0.983. The lowest BCUT2D eigenvalue weighted by atomic mass is 10.2. The molecule has 0 saturated carbocycles. The Morgan fingerprint density at radius 2 is 2.00 bits per heavy atom. The quantitative estimate of drug-likeness (QED) is 0.569. The molecule has 0 aliphatic carbocycles.